The molecule has 0 aliphatic carbocycles. The topological polar surface area (TPSA) is 59.1 Å². The van der Waals surface area contributed by atoms with Gasteiger partial charge in [-0.1, -0.05) is 5.92 Å². The quantitative estimate of drug-likeness (QED) is 0.742. The van der Waals surface area contributed by atoms with Gasteiger partial charge in [-0.2, -0.15) is 4.72 Å². The number of thiazole rings is 1. The summed E-state index contributed by atoms with van der Waals surface area (Å²) in [6.07, 6.45) is 4.93. The first-order valence-corrected chi connectivity index (χ1v) is 5.78. The number of hydrogen-bond donors (Lipinski definition) is 1. The van der Waals surface area contributed by atoms with E-state index in [0.717, 1.165) is 11.3 Å². The van der Waals surface area contributed by atoms with E-state index in [2.05, 4.69) is 15.6 Å². The van der Waals surface area contributed by atoms with E-state index in [4.69, 9.17) is 6.42 Å². The normalized spacial score (nSPS) is 11.1. The van der Waals surface area contributed by atoms with Crippen molar-refractivity contribution in [2.45, 2.75) is 11.3 Å². The summed E-state index contributed by atoms with van der Waals surface area (Å²) in [7, 11) is -3.49. The zero-order valence-electron chi connectivity index (χ0n) is 6.94. The first kappa shape index (κ1) is 10.2. The Kier molecular flexibility index (Phi) is 3.03. The van der Waals surface area contributed by atoms with Crippen LogP contribution >= 0.6 is 11.3 Å². The van der Waals surface area contributed by atoms with Crippen molar-refractivity contribution in [1.29, 1.82) is 0 Å². The van der Waals surface area contributed by atoms with E-state index in [0.29, 0.717) is 5.69 Å². The van der Waals surface area contributed by atoms with Gasteiger partial charge in [-0.05, 0) is 6.92 Å². The molecular weight excluding hydrogens is 208 g/mol. The molecule has 0 saturated carbocycles. The van der Waals surface area contributed by atoms with Crippen LogP contribution in [-0.2, 0) is 10.0 Å². The van der Waals surface area contributed by atoms with Crippen molar-refractivity contribution in [2.75, 3.05) is 6.54 Å². The van der Waals surface area contributed by atoms with Gasteiger partial charge in [0, 0.05) is 11.1 Å². The fourth-order valence-electron chi connectivity index (χ4n) is 0.654. The van der Waals surface area contributed by atoms with E-state index in [1.807, 2.05) is 0 Å². The van der Waals surface area contributed by atoms with Crippen molar-refractivity contribution >= 4 is 21.4 Å². The average Bonchev–Trinajstić information content (AvgIpc) is 2.49. The number of sulfonamides is 1. The van der Waals surface area contributed by atoms with Gasteiger partial charge in [-0.25, -0.2) is 13.4 Å². The van der Waals surface area contributed by atoms with Crippen LogP contribution in [0.5, 0.6) is 0 Å². The van der Waals surface area contributed by atoms with Gasteiger partial charge in [-0.15, -0.1) is 17.8 Å². The van der Waals surface area contributed by atoms with E-state index in [9.17, 15) is 8.42 Å². The minimum absolute atomic E-state index is 0.0129. The fourth-order valence-corrected chi connectivity index (χ4v) is 2.66. The van der Waals surface area contributed by atoms with Crippen molar-refractivity contribution in [3.63, 3.8) is 0 Å². The molecule has 0 aromatic carbocycles. The monoisotopic (exact) mass is 216 g/mol. The summed E-state index contributed by atoms with van der Waals surface area (Å²) in [6, 6.07) is 0. The lowest BCUT2D eigenvalue weighted by Crippen LogP contribution is -2.23. The second kappa shape index (κ2) is 3.87. The molecule has 0 atom stereocenters. The predicted molar refractivity (Wildman–Crippen MR) is 50.9 cm³/mol. The SMILES string of the molecule is C#CCNS(=O)(=O)c1nc(C)cs1. The summed E-state index contributed by atoms with van der Waals surface area (Å²) in [5, 5.41) is 1.67. The molecule has 0 fully saturated rings. The molecule has 13 heavy (non-hydrogen) atoms. The second-order valence-corrected chi connectivity index (χ2v) is 5.08. The van der Waals surface area contributed by atoms with Gasteiger partial charge < -0.3 is 0 Å². The summed E-state index contributed by atoms with van der Waals surface area (Å²) < 4.78 is 25.0. The highest BCUT2D eigenvalue weighted by atomic mass is 32.2. The van der Waals surface area contributed by atoms with Crippen LogP contribution in [0.1, 0.15) is 5.69 Å². The smallest absolute Gasteiger partial charge is 0.229 e. The molecule has 4 nitrogen and oxygen atoms in total. The number of rotatable bonds is 3. The molecule has 0 aliphatic rings. The van der Waals surface area contributed by atoms with Crippen LogP contribution in [0, 0.1) is 19.3 Å². The molecule has 0 unspecified atom stereocenters. The first-order valence-electron chi connectivity index (χ1n) is 3.41. The summed E-state index contributed by atoms with van der Waals surface area (Å²) in [6.45, 7) is 1.72. The molecule has 70 valence electrons. The van der Waals surface area contributed by atoms with Crippen molar-refractivity contribution < 1.29 is 8.42 Å². The van der Waals surface area contributed by atoms with Gasteiger partial charge >= 0.3 is 0 Å². The van der Waals surface area contributed by atoms with Gasteiger partial charge in [0.2, 0.25) is 4.34 Å². The summed E-state index contributed by atoms with van der Waals surface area (Å²) in [5.41, 5.74) is 0.686. The summed E-state index contributed by atoms with van der Waals surface area (Å²) in [4.78, 5) is 3.83. The van der Waals surface area contributed by atoms with Crippen LogP contribution in [0.15, 0.2) is 9.72 Å². The molecule has 1 heterocycles. The third-order valence-corrected chi connectivity index (χ3v) is 3.97. The molecule has 0 aliphatic heterocycles. The van der Waals surface area contributed by atoms with Gasteiger partial charge in [-0.3, -0.25) is 0 Å². The standard InChI is InChI=1S/C7H8N2O2S2/c1-3-4-8-13(10,11)7-9-6(2)5-12-7/h1,5,8H,4H2,2H3. The van der Waals surface area contributed by atoms with Crippen LogP contribution in [0.25, 0.3) is 0 Å². The van der Waals surface area contributed by atoms with E-state index >= 15 is 0 Å². The zero-order valence-corrected chi connectivity index (χ0v) is 8.58. The Morgan fingerprint density at radius 2 is 2.46 bits per heavy atom. The number of nitrogens with one attached hydrogen (secondary N) is 1. The number of terminal acetylenes is 1. The molecule has 1 aromatic rings. The molecule has 0 radical (unpaired) electrons. The van der Waals surface area contributed by atoms with E-state index in [1.54, 1.807) is 12.3 Å². The van der Waals surface area contributed by atoms with Crippen LogP contribution in [-0.4, -0.2) is 19.9 Å². The maximum Gasteiger partial charge on any atom is 0.268 e. The average molecular weight is 216 g/mol. The highest BCUT2D eigenvalue weighted by Crippen LogP contribution is 2.14. The number of aryl methyl sites for hydroxylation is 1. The fraction of sp³-hybridized carbons (Fsp3) is 0.286. The molecule has 0 spiro atoms. The van der Waals surface area contributed by atoms with Gasteiger partial charge in [0.05, 0.1) is 6.54 Å². The van der Waals surface area contributed by atoms with Crippen molar-refractivity contribution in [3.8, 4) is 12.3 Å². The summed E-state index contributed by atoms with van der Waals surface area (Å²) in [5.74, 6) is 2.19. The van der Waals surface area contributed by atoms with E-state index < -0.39 is 10.0 Å². The lowest BCUT2D eigenvalue weighted by atomic mass is 10.6. The largest absolute Gasteiger partial charge is 0.268 e. The first-order chi connectivity index (χ1) is 6.06. The molecule has 1 N–H and O–H groups in total. The Bertz CT molecular complexity index is 428. The second-order valence-electron chi connectivity index (χ2n) is 2.28. The van der Waals surface area contributed by atoms with Crippen LogP contribution in [0.2, 0.25) is 0 Å². The number of hydrogen-bond acceptors (Lipinski definition) is 4. The highest BCUT2D eigenvalue weighted by Gasteiger charge is 2.16. The Morgan fingerprint density at radius 1 is 1.77 bits per heavy atom. The number of nitrogens with zero attached hydrogens (tertiary/aromatic N) is 1. The van der Waals surface area contributed by atoms with Crippen molar-refractivity contribution in [3.05, 3.63) is 11.1 Å². The summed E-state index contributed by atoms with van der Waals surface area (Å²) >= 11 is 1.08. The minimum Gasteiger partial charge on any atom is -0.229 e. The Labute approximate surface area is 81.1 Å². The minimum atomic E-state index is -3.49. The lowest BCUT2D eigenvalue weighted by molar-refractivity contribution is 0.585. The Balaban J connectivity index is 2.89. The predicted octanol–water partition coefficient (Wildman–Crippen LogP) is 0.363. The molecule has 1 rings (SSSR count). The van der Waals surface area contributed by atoms with Crippen molar-refractivity contribution in [1.82, 2.24) is 9.71 Å². The van der Waals surface area contributed by atoms with E-state index in [1.165, 1.54) is 0 Å². The molecule has 0 amide bonds. The third kappa shape index (κ3) is 2.52. The maximum absolute atomic E-state index is 11.3. The highest BCUT2D eigenvalue weighted by molar-refractivity contribution is 7.91. The van der Waals surface area contributed by atoms with Gasteiger partial charge in [0.1, 0.15) is 0 Å². The van der Waals surface area contributed by atoms with Gasteiger partial charge in [0.15, 0.2) is 0 Å². The lowest BCUT2D eigenvalue weighted by Gasteiger charge is -1.97. The molecule has 0 saturated heterocycles. The van der Waals surface area contributed by atoms with Crippen LogP contribution in [0.4, 0.5) is 0 Å². The Hall–Kier alpha value is -0.900. The van der Waals surface area contributed by atoms with E-state index in [-0.39, 0.29) is 10.9 Å². The van der Waals surface area contributed by atoms with Crippen LogP contribution < -0.4 is 4.72 Å². The van der Waals surface area contributed by atoms with Crippen molar-refractivity contribution in [2.24, 2.45) is 0 Å². The molecule has 1 aromatic heterocycles. The molecular formula is C7H8N2O2S2. The Morgan fingerprint density at radius 3 is 2.92 bits per heavy atom. The van der Waals surface area contributed by atoms with Gasteiger partial charge in [0.25, 0.3) is 10.0 Å². The maximum atomic E-state index is 11.3. The number of aromatic nitrogens is 1. The third-order valence-electron chi connectivity index (χ3n) is 1.19. The molecule has 0 bridgehead atoms. The van der Waals surface area contributed by atoms with Crippen LogP contribution in [0.3, 0.4) is 0 Å². The zero-order chi connectivity index (χ0) is 9.90. The molecule has 6 heteroatoms.